The normalized spacial score (nSPS) is 16.1. The van der Waals surface area contributed by atoms with Crippen LogP contribution < -0.4 is 5.32 Å². The van der Waals surface area contributed by atoms with Crippen molar-refractivity contribution in [3.8, 4) is 11.1 Å². The maximum Gasteiger partial charge on any atom is 0.407 e. The van der Waals surface area contributed by atoms with Crippen LogP contribution in [0.15, 0.2) is 48.5 Å². The van der Waals surface area contributed by atoms with E-state index in [2.05, 4.69) is 29.6 Å². The second-order valence-electron chi connectivity index (χ2n) is 10.7. The number of ether oxygens (including phenoxy) is 1. The highest BCUT2D eigenvalue weighted by atomic mass is 16.5. The summed E-state index contributed by atoms with van der Waals surface area (Å²) in [5.74, 6) is -0.648. The van der Waals surface area contributed by atoms with E-state index >= 15 is 0 Å². The summed E-state index contributed by atoms with van der Waals surface area (Å²) in [5.41, 5.74) is 4.11. The quantitative estimate of drug-likeness (QED) is 0.576. The lowest BCUT2D eigenvalue weighted by Crippen LogP contribution is -2.60. The van der Waals surface area contributed by atoms with E-state index in [0.717, 1.165) is 28.7 Å². The molecule has 2 aromatic carbocycles. The summed E-state index contributed by atoms with van der Waals surface area (Å²) in [6, 6.07) is 15.6. The monoisotopic (exact) mass is 478 g/mol. The van der Waals surface area contributed by atoms with Crippen molar-refractivity contribution in [2.24, 2.45) is 11.3 Å². The molecule has 2 aromatic rings. The number of hydrogen-bond acceptors (Lipinski definition) is 4. The van der Waals surface area contributed by atoms with Crippen LogP contribution in [-0.4, -0.2) is 53.7 Å². The van der Waals surface area contributed by atoms with E-state index in [4.69, 9.17) is 9.84 Å². The average molecular weight is 479 g/mol. The molecule has 4 rings (SSSR count). The Morgan fingerprint density at radius 3 is 2.14 bits per heavy atom. The number of carbonyl (C=O) groups excluding carboxylic acids is 2. The summed E-state index contributed by atoms with van der Waals surface area (Å²) in [7, 11) is 0. The van der Waals surface area contributed by atoms with Crippen LogP contribution in [-0.2, 0) is 14.3 Å². The highest BCUT2D eigenvalue weighted by Crippen LogP contribution is 2.44. The van der Waals surface area contributed by atoms with E-state index in [1.807, 2.05) is 45.0 Å². The predicted molar refractivity (Wildman–Crippen MR) is 133 cm³/mol. The molecule has 1 aliphatic heterocycles. The van der Waals surface area contributed by atoms with Gasteiger partial charge in [-0.05, 0) is 46.4 Å². The third-order valence-electron chi connectivity index (χ3n) is 6.99. The lowest BCUT2D eigenvalue weighted by molar-refractivity contribution is -0.143. The van der Waals surface area contributed by atoms with Crippen LogP contribution in [0, 0.1) is 11.3 Å². The number of carboxylic acid groups (broad SMARTS) is 1. The Morgan fingerprint density at radius 1 is 1.03 bits per heavy atom. The predicted octanol–water partition coefficient (Wildman–Crippen LogP) is 4.65. The Labute approximate surface area is 206 Å². The van der Waals surface area contributed by atoms with Gasteiger partial charge in [0.25, 0.3) is 0 Å². The van der Waals surface area contributed by atoms with Crippen LogP contribution in [0.2, 0.25) is 0 Å². The molecule has 2 aliphatic rings. The van der Waals surface area contributed by atoms with Crippen molar-refractivity contribution in [3.05, 3.63) is 59.7 Å². The van der Waals surface area contributed by atoms with Gasteiger partial charge in [0.1, 0.15) is 12.6 Å². The second kappa shape index (κ2) is 10.1. The number of fused-ring (bicyclic) bond motifs is 3. The van der Waals surface area contributed by atoms with Gasteiger partial charge in [0.05, 0.1) is 0 Å². The Kier molecular flexibility index (Phi) is 7.15. The van der Waals surface area contributed by atoms with Crippen molar-refractivity contribution in [2.75, 3.05) is 19.7 Å². The SMILES string of the molecule is CC(C)(C)C(NC(=O)OCC1c2ccccc2-c2ccccc21)C(=O)N1CC(CCCC(=O)O)C1. The van der Waals surface area contributed by atoms with Gasteiger partial charge in [-0.15, -0.1) is 0 Å². The van der Waals surface area contributed by atoms with E-state index in [1.54, 1.807) is 4.90 Å². The van der Waals surface area contributed by atoms with Gasteiger partial charge in [0.2, 0.25) is 5.91 Å². The largest absolute Gasteiger partial charge is 0.481 e. The number of benzene rings is 2. The van der Waals surface area contributed by atoms with Gasteiger partial charge >= 0.3 is 12.1 Å². The molecular weight excluding hydrogens is 444 g/mol. The topological polar surface area (TPSA) is 95.9 Å². The molecule has 0 aromatic heterocycles. The Bertz CT molecular complexity index is 1060. The standard InChI is InChI=1S/C28H34N2O5/c1-28(2,3)25(26(33)30-15-18(16-30)9-8-14-24(31)32)29-27(34)35-17-23-21-12-6-4-10-19(21)20-11-5-7-13-22(20)23/h4-7,10-13,18,23,25H,8-9,14-17H2,1-3H3,(H,29,34)(H,31,32). The molecule has 0 saturated carbocycles. The third-order valence-corrected chi connectivity index (χ3v) is 6.99. The number of nitrogens with one attached hydrogen (secondary N) is 1. The van der Waals surface area contributed by atoms with Crippen molar-refractivity contribution in [1.82, 2.24) is 10.2 Å². The van der Waals surface area contributed by atoms with E-state index in [-0.39, 0.29) is 24.9 Å². The molecule has 0 spiro atoms. The van der Waals surface area contributed by atoms with Crippen molar-refractivity contribution < 1.29 is 24.2 Å². The fourth-order valence-corrected chi connectivity index (χ4v) is 5.06. The van der Waals surface area contributed by atoms with Crippen LogP contribution in [0.5, 0.6) is 0 Å². The zero-order valence-electron chi connectivity index (χ0n) is 20.6. The second-order valence-corrected chi connectivity index (χ2v) is 10.7. The lowest BCUT2D eigenvalue weighted by atomic mass is 9.84. The van der Waals surface area contributed by atoms with Crippen LogP contribution in [0.3, 0.4) is 0 Å². The summed E-state index contributed by atoms with van der Waals surface area (Å²) in [4.78, 5) is 38.5. The zero-order chi connectivity index (χ0) is 25.2. The molecule has 2 amide bonds. The minimum atomic E-state index is -0.794. The highest BCUT2D eigenvalue weighted by molar-refractivity contribution is 5.87. The van der Waals surface area contributed by atoms with Crippen LogP contribution in [0.1, 0.15) is 57.1 Å². The summed E-state index contributed by atoms with van der Waals surface area (Å²) in [6.07, 6.45) is 0.954. The molecule has 2 N–H and O–H groups in total. The van der Waals surface area contributed by atoms with Crippen molar-refractivity contribution in [2.45, 2.75) is 52.0 Å². The fourth-order valence-electron chi connectivity index (χ4n) is 5.06. The number of carboxylic acids is 1. The molecule has 1 unspecified atom stereocenters. The van der Waals surface area contributed by atoms with Gasteiger partial charge in [0.15, 0.2) is 0 Å². The zero-order valence-corrected chi connectivity index (χ0v) is 20.6. The van der Waals surface area contributed by atoms with Crippen molar-refractivity contribution >= 4 is 18.0 Å². The van der Waals surface area contributed by atoms with E-state index in [9.17, 15) is 14.4 Å². The number of likely N-dealkylation sites (tertiary alicyclic amines) is 1. The fraction of sp³-hybridized carbons (Fsp3) is 0.464. The van der Waals surface area contributed by atoms with Gasteiger partial charge in [-0.1, -0.05) is 69.3 Å². The molecule has 1 aliphatic carbocycles. The molecule has 1 heterocycles. The van der Waals surface area contributed by atoms with Crippen LogP contribution >= 0.6 is 0 Å². The molecule has 186 valence electrons. The number of alkyl carbamates (subject to hydrolysis) is 1. The van der Waals surface area contributed by atoms with Gasteiger partial charge < -0.3 is 20.1 Å². The minimum Gasteiger partial charge on any atom is -0.481 e. The molecule has 7 nitrogen and oxygen atoms in total. The van der Waals surface area contributed by atoms with Crippen molar-refractivity contribution in [1.29, 1.82) is 0 Å². The summed E-state index contributed by atoms with van der Waals surface area (Å²) >= 11 is 0. The average Bonchev–Trinajstić information content (AvgIpc) is 3.10. The molecule has 0 radical (unpaired) electrons. The number of hydrogen-bond donors (Lipinski definition) is 2. The number of nitrogens with zero attached hydrogens (tertiary/aromatic N) is 1. The minimum absolute atomic E-state index is 0.0427. The molecule has 35 heavy (non-hydrogen) atoms. The van der Waals surface area contributed by atoms with Crippen LogP contribution in [0.4, 0.5) is 4.79 Å². The smallest absolute Gasteiger partial charge is 0.407 e. The third kappa shape index (κ3) is 5.50. The Morgan fingerprint density at radius 2 is 1.60 bits per heavy atom. The van der Waals surface area contributed by atoms with Gasteiger partial charge in [-0.3, -0.25) is 9.59 Å². The number of amides is 2. The summed E-state index contributed by atoms with van der Waals surface area (Å²) in [5, 5.41) is 11.6. The molecule has 1 fully saturated rings. The summed E-state index contributed by atoms with van der Waals surface area (Å²) in [6.45, 7) is 7.14. The lowest BCUT2D eigenvalue weighted by Gasteiger charge is -2.43. The first-order valence-corrected chi connectivity index (χ1v) is 12.3. The molecule has 1 saturated heterocycles. The molecule has 0 bridgehead atoms. The number of carbonyl (C=O) groups is 3. The first-order chi connectivity index (χ1) is 16.6. The van der Waals surface area contributed by atoms with Gasteiger partial charge in [-0.25, -0.2) is 4.79 Å². The Hall–Kier alpha value is -3.35. The molecule has 7 heteroatoms. The van der Waals surface area contributed by atoms with Crippen molar-refractivity contribution in [3.63, 3.8) is 0 Å². The molecule has 1 atom stereocenters. The first-order valence-electron chi connectivity index (χ1n) is 12.3. The van der Waals surface area contributed by atoms with E-state index in [0.29, 0.717) is 25.4 Å². The maximum absolute atomic E-state index is 13.2. The highest BCUT2D eigenvalue weighted by Gasteiger charge is 2.40. The van der Waals surface area contributed by atoms with E-state index < -0.39 is 23.5 Å². The summed E-state index contributed by atoms with van der Waals surface area (Å²) < 4.78 is 5.67. The first kappa shape index (κ1) is 24.8. The number of aliphatic carboxylic acids is 1. The van der Waals surface area contributed by atoms with E-state index in [1.165, 1.54) is 0 Å². The molecular formula is C28H34N2O5. The van der Waals surface area contributed by atoms with Gasteiger partial charge in [-0.2, -0.15) is 0 Å². The maximum atomic E-state index is 13.2. The van der Waals surface area contributed by atoms with Crippen LogP contribution in [0.25, 0.3) is 11.1 Å². The number of rotatable bonds is 8. The van der Waals surface area contributed by atoms with Gasteiger partial charge in [0, 0.05) is 25.4 Å². The Balaban J connectivity index is 1.35.